The molecule has 0 spiro atoms. The van der Waals surface area contributed by atoms with Gasteiger partial charge in [-0.3, -0.25) is 9.69 Å². The maximum absolute atomic E-state index is 11.2. The third-order valence-corrected chi connectivity index (χ3v) is 3.24. The average Bonchev–Trinajstić information content (AvgIpc) is 2.26. The normalized spacial score (nSPS) is 19.7. The van der Waals surface area contributed by atoms with Crippen LogP contribution in [0.15, 0.2) is 0 Å². The van der Waals surface area contributed by atoms with Gasteiger partial charge in [-0.05, 0) is 13.8 Å². The molecule has 0 aromatic rings. The van der Waals surface area contributed by atoms with Crippen LogP contribution in [0.25, 0.3) is 0 Å². The highest BCUT2D eigenvalue weighted by atomic mass is 16.1. The van der Waals surface area contributed by atoms with Gasteiger partial charge in [-0.25, -0.2) is 0 Å². The second-order valence-corrected chi connectivity index (χ2v) is 4.61. The van der Waals surface area contributed by atoms with E-state index in [2.05, 4.69) is 23.6 Å². The summed E-state index contributed by atoms with van der Waals surface area (Å²) in [5.41, 5.74) is 0. The Hall–Kier alpha value is -0.410. The second kappa shape index (κ2) is 6.23. The number of rotatable bonds is 5. The van der Waals surface area contributed by atoms with E-state index in [4.69, 9.17) is 0 Å². The Labute approximate surface area is 93.4 Å². The van der Waals surface area contributed by atoms with Gasteiger partial charge in [-0.1, -0.05) is 6.92 Å². The number of Topliss-reactive ketones (excluding diaryl/α,β-unsaturated/α-hetero) is 1. The zero-order chi connectivity index (χ0) is 11.3. The Morgan fingerprint density at radius 2 is 1.80 bits per heavy atom. The van der Waals surface area contributed by atoms with E-state index in [9.17, 15) is 4.79 Å². The van der Waals surface area contributed by atoms with E-state index in [1.807, 2.05) is 6.92 Å². The summed E-state index contributed by atoms with van der Waals surface area (Å²) in [6.07, 6.45) is 1.42. The van der Waals surface area contributed by atoms with Crippen LogP contribution in [-0.2, 0) is 4.79 Å². The van der Waals surface area contributed by atoms with E-state index < -0.39 is 0 Å². The van der Waals surface area contributed by atoms with Crippen LogP contribution >= 0.6 is 0 Å². The summed E-state index contributed by atoms with van der Waals surface area (Å²) in [5, 5.41) is 0. The van der Waals surface area contributed by atoms with Crippen LogP contribution in [0.4, 0.5) is 0 Å². The number of piperazine rings is 1. The van der Waals surface area contributed by atoms with Crippen LogP contribution < -0.4 is 0 Å². The fraction of sp³-hybridized carbons (Fsp3) is 0.917. The predicted octanol–water partition coefficient (Wildman–Crippen LogP) is 1.38. The molecule has 1 aliphatic rings. The highest BCUT2D eigenvalue weighted by Gasteiger charge is 2.18. The van der Waals surface area contributed by atoms with Gasteiger partial charge in [0, 0.05) is 51.6 Å². The minimum atomic E-state index is 0.390. The van der Waals surface area contributed by atoms with Gasteiger partial charge in [0.15, 0.2) is 0 Å². The number of nitrogens with zero attached hydrogens (tertiary/aromatic N) is 2. The zero-order valence-corrected chi connectivity index (χ0v) is 10.3. The maximum atomic E-state index is 11.2. The van der Waals surface area contributed by atoms with E-state index in [0.29, 0.717) is 18.2 Å². The molecule has 88 valence electrons. The SMILES string of the molecule is CCC(=O)CCN1CCN(C(C)C)CC1. The zero-order valence-electron chi connectivity index (χ0n) is 10.3. The van der Waals surface area contributed by atoms with Crippen molar-refractivity contribution in [2.75, 3.05) is 32.7 Å². The first-order valence-electron chi connectivity index (χ1n) is 6.11. The summed E-state index contributed by atoms with van der Waals surface area (Å²) in [6.45, 7) is 11.9. The molecule has 0 radical (unpaired) electrons. The highest BCUT2D eigenvalue weighted by molar-refractivity contribution is 5.78. The molecule has 0 unspecified atom stereocenters. The molecule has 1 saturated heterocycles. The number of ketones is 1. The quantitative estimate of drug-likeness (QED) is 0.688. The van der Waals surface area contributed by atoms with Gasteiger partial charge in [-0.15, -0.1) is 0 Å². The molecule has 0 N–H and O–H groups in total. The Bertz CT molecular complexity index is 196. The van der Waals surface area contributed by atoms with Gasteiger partial charge in [0.2, 0.25) is 0 Å². The van der Waals surface area contributed by atoms with E-state index >= 15 is 0 Å². The van der Waals surface area contributed by atoms with E-state index in [-0.39, 0.29) is 0 Å². The average molecular weight is 212 g/mol. The Kier molecular flexibility index (Phi) is 5.26. The number of carbonyl (C=O) groups excluding carboxylic acids is 1. The van der Waals surface area contributed by atoms with Gasteiger partial charge in [0.05, 0.1) is 0 Å². The number of carbonyl (C=O) groups is 1. The Morgan fingerprint density at radius 3 is 2.27 bits per heavy atom. The second-order valence-electron chi connectivity index (χ2n) is 4.61. The van der Waals surface area contributed by atoms with Crippen LogP contribution in [0.5, 0.6) is 0 Å². The molecule has 3 nitrogen and oxygen atoms in total. The standard InChI is InChI=1S/C12H24N2O/c1-4-12(15)5-6-13-7-9-14(10-8-13)11(2)3/h11H,4-10H2,1-3H3. The third kappa shape index (κ3) is 4.31. The van der Waals surface area contributed by atoms with Crippen LogP contribution in [0.3, 0.4) is 0 Å². The molecule has 0 bridgehead atoms. The predicted molar refractivity (Wildman–Crippen MR) is 63.1 cm³/mol. The van der Waals surface area contributed by atoms with E-state index in [1.54, 1.807) is 0 Å². The fourth-order valence-corrected chi connectivity index (χ4v) is 1.96. The molecule has 1 heterocycles. The smallest absolute Gasteiger partial charge is 0.133 e. The van der Waals surface area contributed by atoms with Crippen molar-refractivity contribution in [3.8, 4) is 0 Å². The monoisotopic (exact) mass is 212 g/mol. The molecule has 0 aliphatic carbocycles. The van der Waals surface area contributed by atoms with Gasteiger partial charge in [0.1, 0.15) is 5.78 Å². The van der Waals surface area contributed by atoms with E-state index in [0.717, 1.165) is 39.1 Å². The van der Waals surface area contributed by atoms with Crippen molar-refractivity contribution in [1.29, 1.82) is 0 Å². The molecule has 1 rings (SSSR count). The lowest BCUT2D eigenvalue weighted by Crippen LogP contribution is -2.49. The molecule has 15 heavy (non-hydrogen) atoms. The van der Waals surface area contributed by atoms with Gasteiger partial charge < -0.3 is 4.90 Å². The first-order valence-corrected chi connectivity index (χ1v) is 6.11. The van der Waals surface area contributed by atoms with Crippen LogP contribution in [0.2, 0.25) is 0 Å². The number of hydrogen-bond donors (Lipinski definition) is 0. The molecule has 1 aliphatic heterocycles. The fourth-order valence-electron chi connectivity index (χ4n) is 1.96. The van der Waals surface area contributed by atoms with Crippen molar-refractivity contribution in [2.45, 2.75) is 39.7 Å². The highest BCUT2D eigenvalue weighted by Crippen LogP contribution is 2.06. The summed E-state index contributed by atoms with van der Waals surface area (Å²) in [7, 11) is 0. The van der Waals surface area contributed by atoms with Crippen molar-refractivity contribution in [3.05, 3.63) is 0 Å². The third-order valence-electron chi connectivity index (χ3n) is 3.24. The minimum Gasteiger partial charge on any atom is -0.300 e. The largest absolute Gasteiger partial charge is 0.300 e. The Balaban J connectivity index is 2.17. The van der Waals surface area contributed by atoms with Crippen LogP contribution in [0, 0.1) is 0 Å². The molecule has 1 fully saturated rings. The lowest BCUT2D eigenvalue weighted by molar-refractivity contribution is -0.119. The summed E-state index contributed by atoms with van der Waals surface area (Å²) in [6, 6.07) is 0.657. The first-order chi connectivity index (χ1) is 7.13. The molecule has 0 aromatic carbocycles. The molecule has 3 heteroatoms. The molecular formula is C12H24N2O. The lowest BCUT2D eigenvalue weighted by Gasteiger charge is -2.36. The summed E-state index contributed by atoms with van der Waals surface area (Å²) >= 11 is 0. The summed E-state index contributed by atoms with van der Waals surface area (Å²) < 4.78 is 0. The Morgan fingerprint density at radius 1 is 1.20 bits per heavy atom. The van der Waals surface area contributed by atoms with Crippen LogP contribution in [0.1, 0.15) is 33.6 Å². The molecule has 0 saturated carbocycles. The maximum Gasteiger partial charge on any atom is 0.133 e. The molecular weight excluding hydrogens is 188 g/mol. The van der Waals surface area contributed by atoms with Crippen molar-refractivity contribution in [2.24, 2.45) is 0 Å². The lowest BCUT2D eigenvalue weighted by atomic mass is 10.2. The van der Waals surface area contributed by atoms with Gasteiger partial charge in [-0.2, -0.15) is 0 Å². The van der Waals surface area contributed by atoms with Gasteiger partial charge >= 0.3 is 0 Å². The van der Waals surface area contributed by atoms with Crippen LogP contribution in [-0.4, -0.2) is 54.3 Å². The molecule has 0 amide bonds. The summed E-state index contributed by atoms with van der Waals surface area (Å²) in [4.78, 5) is 16.1. The topological polar surface area (TPSA) is 23.6 Å². The molecule has 0 atom stereocenters. The number of hydrogen-bond acceptors (Lipinski definition) is 3. The van der Waals surface area contributed by atoms with Crippen molar-refractivity contribution >= 4 is 5.78 Å². The van der Waals surface area contributed by atoms with Crippen molar-refractivity contribution in [1.82, 2.24) is 9.80 Å². The molecule has 0 aromatic heterocycles. The van der Waals surface area contributed by atoms with Crippen molar-refractivity contribution < 1.29 is 4.79 Å². The van der Waals surface area contributed by atoms with E-state index in [1.165, 1.54) is 0 Å². The first kappa shape index (κ1) is 12.7. The summed E-state index contributed by atoms with van der Waals surface area (Å²) in [5.74, 6) is 0.390. The van der Waals surface area contributed by atoms with Gasteiger partial charge in [0.25, 0.3) is 0 Å². The minimum absolute atomic E-state index is 0.390. The van der Waals surface area contributed by atoms with Crippen molar-refractivity contribution in [3.63, 3.8) is 0 Å².